The molecule has 144 valence electrons. The van der Waals surface area contributed by atoms with Gasteiger partial charge in [-0.3, -0.25) is 4.79 Å². The molecule has 0 amide bonds. The van der Waals surface area contributed by atoms with Crippen LogP contribution in [0.4, 0.5) is 0 Å². The lowest BCUT2D eigenvalue weighted by molar-refractivity contribution is -0.140. The van der Waals surface area contributed by atoms with E-state index in [1.807, 2.05) is 42.7 Å². The Labute approximate surface area is 165 Å². The van der Waals surface area contributed by atoms with Gasteiger partial charge in [-0.2, -0.15) is 0 Å². The van der Waals surface area contributed by atoms with Crippen LogP contribution in [0, 0.1) is 5.92 Å². The average molecular weight is 374 g/mol. The molecule has 4 nitrogen and oxygen atoms in total. The number of rotatable bonds is 7. The van der Waals surface area contributed by atoms with Crippen LogP contribution in [-0.2, 0) is 17.8 Å². The van der Waals surface area contributed by atoms with Gasteiger partial charge in [0.05, 0.1) is 5.92 Å². The molecule has 1 heterocycles. The van der Waals surface area contributed by atoms with E-state index in [2.05, 4.69) is 33.8 Å². The predicted octanol–water partition coefficient (Wildman–Crippen LogP) is 5.15. The summed E-state index contributed by atoms with van der Waals surface area (Å²) in [6, 6.07) is 18.4. The summed E-state index contributed by atoms with van der Waals surface area (Å²) in [4.78, 5) is 16.3. The molecule has 1 fully saturated rings. The highest BCUT2D eigenvalue weighted by Crippen LogP contribution is 2.37. The van der Waals surface area contributed by atoms with Gasteiger partial charge in [0, 0.05) is 24.5 Å². The van der Waals surface area contributed by atoms with Gasteiger partial charge in [-0.25, -0.2) is 4.98 Å². The summed E-state index contributed by atoms with van der Waals surface area (Å²) >= 11 is 0. The van der Waals surface area contributed by atoms with Crippen LogP contribution in [-0.4, -0.2) is 20.6 Å². The average Bonchev–Trinajstić information content (AvgIpc) is 3.40. The zero-order valence-electron chi connectivity index (χ0n) is 16.0. The topological polar surface area (TPSA) is 55.1 Å². The van der Waals surface area contributed by atoms with Crippen molar-refractivity contribution >= 4 is 5.97 Å². The number of hydrogen-bond acceptors (Lipinski definition) is 2. The molecule has 1 unspecified atom stereocenters. The van der Waals surface area contributed by atoms with Gasteiger partial charge in [-0.1, -0.05) is 67.4 Å². The fourth-order valence-electron chi connectivity index (χ4n) is 4.39. The van der Waals surface area contributed by atoms with Crippen molar-refractivity contribution in [1.82, 2.24) is 9.55 Å². The number of aliphatic carboxylic acids is 1. The maximum absolute atomic E-state index is 11.8. The molecule has 4 rings (SSSR count). The van der Waals surface area contributed by atoms with Crippen molar-refractivity contribution in [2.24, 2.45) is 5.92 Å². The predicted molar refractivity (Wildman–Crippen MR) is 110 cm³/mol. The summed E-state index contributed by atoms with van der Waals surface area (Å²) in [5, 5.41) is 9.71. The lowest BCUT2D eigenvalue weighted by Crippen LogP contribution is -2.19. The number of carboxylic acids is 1. The van der Waals surface area contributed by atoms with Crippen molar-refractivity contribution in [3.05, 3.63) is 78.1 Å². The summed E-state index contributed by atoms with van der Waals surface area (Å²) in [5.74, 6) is 0.201. The van der Waals surface area contributed by atoms with Crippen LogP contribution in [0.25, 0.3) is 11.4 Å². The Kier molecular flexibility index (Phi) is 5.56. The molecule has 2 aromatic carbocycles. The molecule has 1 N–H and O–H groups in total. The third-order valence-electron chi connectivity index (χ3n) is 5.86. The van der Waals surface area contributed by atoms with E-state index in [0.29, 0.717) is 0 Å². The molecule has 0 saturated heterocycles. The Morgan fingerprint density at radius 3 is 2.46 bits per heavy atom. The van der Waals surface area contributed by atoms with Crippen LogP contribution in [0.15, 0.2) is 67.0 Å². The SMILES string of the molecule is O=C(O)C(c1ccc(CCn2ccnc2-c2ccccc2)cc1)C1CCCC1. The Balaban J connectivity index is 1.44. The second-order valence-corrected chi connectivity index (χ2v) is 7.66. The standard InChI is InChI=1S/C24H26N2O2/c27-24(28)22(19-6-4-5-7-19)20-12-10-18(11-13-20)14-16-26-17-15-25-23(26)21-8-2-1-3-9-21/h1-3,8-13,15,17,19,22H,4-7,14,16H2,(H,27,28). The van der Waals surface area contributed by atoms with Gasteiger partial charge in [0.25, 0.3) is 0 Å². The molecule has 1 saturated carbocycles. The lowest BCUT2D eigenvalue weighted by Gasteiger charge is -2.20. The van der Waals surface area contributed by atoms with Gasteiger partial charge in [0.1, 0.15) is 5.82 Å². The van der Waals surface area contributed by atoms with Gasteiger partial charge in [0.2, 0.25) is 0 Å². The minimum atomic E-state index is -0.689. The van der Waals surface area contributed by atoms with E-state index in [4.69, 9.17) is 0 Å². The number of hydrogen-bond donors (Lipinski definition) is 1. The molecular weight excluding hydrogens is 348 g/mol. The summed E-state index contributed by atoms with van der Waals surface area (Å²) < 4.78 is 2.17. The number of benzene rings is 2. The molecule has 1 aromatic heterocycles. The number of carbonyl (C=O) groups is 1. The molecule has 1 aliphatic rings. The Bertz CT molecular complexity index is 909. The first-order valence-electron chi connectivity index (χ1n) is 10.1. The molecule has 1 atom stereocenters. The second kappa shape index (κ2) is 8.42. The maximum atomic E-state index is 11.8. The van der Waals surface area contributed by atoms with E-state index in [-0.39, 0.29) is 11.8 Å². The monoisotopic (exact) mass is 374 g/mol. The second-order valence-electron chi connectivity index (χ2n) is 7.66. The van der Waals surface area contributed by atoms with Crippen LogP contribution in [0.1, 0.15) is 42.7 Å². The zero-order valence-corrected chi connectivity index (χ0v) is 16.0. The van der Waals surface area contributed by atoms with Crippen molar-refractivity contribution < 1.29 is 9.90 Å². The number of aryl methyl sites for hydroxylation is 2. The molecule has 28 heavy (non-hydrogen) atoms. The van der Waals surface area contributed by atoms with E-state index in [1.54, 1.807) is 0 Å². The first-order chi connectivity index (χ1) is 13.7. The highest BCUT2D eigenvalue weighted by molar-refractivity contribution is 5.76. The minimum Gasteiger partial charge on any atom is -0.481 e. The van der Waals surface area contributed by atoms with Gasteiger partial charge in [-0.05, 0) is 36.3 Å². The summed E-state index contributed by atoms with van der Waals surface area (Å²) in [6.45, 7) is 0.842. The van der Waals surface area contributed by atoms with Crippen molar-refractivity contribution in [3.8, 4) is 11.4 Å². The largest absolute Gasteiger partial charge is 0.481 e. The third kappa shape index (κ3) is 4.01. The quantitative estimate of drug-likeness (QED) is 0.622. The number of imidazole rings is 1. The molecule has 0 spiro atoms. The van der Waals surface area contributed by atoms with E-state index in [9.17, 15) is 9.90 Å². The first-order valence-corrected chi connectivity index (χ1v) is 10.1. The van der Waals surface area contributed by atoms with Gasteiger partial charge < -0.3 is 9.67 Å². The number of aromatic nitrogens is 2. The number of carboxylic acid groups (broad SMARTS) is 1. The summed E-state index contributed by atoms with van der Waals surface area (Å²) in [7, 11) is 0. The van der Waals surface area contributed by atoms with E-state index in [0.717, 1.165) is 55.6 Å². The van der Waals surface area contributed by atoms with Crippen molar-refractivity contribution in [2.75, 3.05) is 0 Å². The normalized spacial score (nSPS) is 15.6. The molecular formula is C24H26N2O2. The molecule has 0 aliphatic heterocycles. The minimum absolute atomic E-state index is 0.280. The highest BCUT2D eigenvalue weighted by Gasteiger charge is 2.31. The van der Waals surface area contributed by atoms with Crippen molar-refractivity contribution in [2.45, 2.75) is 44.6 Å². The third-order valence-corrected chi connectivity index (χ3v) is 5.86. The van der Waals surface area contributed by atoms with Crippen molar-refractivity contribution in [1.29, 1.82) is 0 Å². The van der Waals surface area contributed by atoms with Crippen LogP contribution in [0.5, 0.6) is 0 Å². The highest BCUT2D eigenvalue weighted by atomic mass is 16.4. The first kappa shape index (κ1) is 18.5. The fourth-order valence-corrected chi connectivity index (χ4v) is 4.39. The smallest absolute Gasteiger partial charge is 0.311 e. The Hall–Kier alpha value is -2.88. The molecule has 0 bridgehead atoms. The van der Waals surface area contributed by atoms with E-state index < -0.39 is 5.97 Å². The molecule has 4 heteroatoms. The molecule has 3 aromatic rings. The molecule has 0 radical (unpaired) electrons. The van der Waals surface area contributed by atoms with E-state index in [1.165, 1.54) is 5.56 Å². The lowest BCUT2D eigenvalue weighted by atomic mass is 9.84. The Morgan fingerprint density at radius 2 is 1.79 bits per heavy atom. The van der Waals surface area contributed by atoms with Gasteiger partial charge >= 0.3 is 5.97 Å². The maximum Gasteiger partial charge on any atom is 0.311 e. The van der Waals surface area contributed by atoms with E-state index >= 15 is 0 Å². The number of nitrogens with zero attached hydrogens (tertiary/aromatic N) is 2. The van der Waals surface area contributed by atoms with Gasteiger partial charge in [0.15, 0.2) is 0 Å². The van der Waals surface area contributed by atoms with Crippen LogP contribution < -0.4 is 0 Å². The van der Waals surface area contributed by atoms with Crippen molar-refractivity contribution in [3.63, 3.8) is 0 Å². The van der Waals surface area contributed by atoms with Crippen LogP contribution >= 0.6 is 0 Å². The van der Waals surface area contributed by atoms with Crippen LogP contribution in [0.3, 0.4) is 0 Å². The van der Waals surface area contributed by atoms with Crippen LogP contribution in [0.2, 0.25) is 0 Å². The van der Waals surface area contributed by atoms with Gasteiger partial charge in [-0.15, -0.1) is 0 Å². The zero-order chi connectivity index (χ0) is 19.3. The Morgan fingerprint density at radius 1 is 1.07 bits per heavy atom. The summed E-state index contributed by atoms with van der Waals surface area (Å²) in [6.07, 6.45) is 9.10. The molecule has 1 aliphatic carbocycles. The fraction of sp³-hybridized carbons (Fsp3) is 0.333. The summed E-state index contributed by atoms with van der Waals surface area (Å²) in [5.41, 5.74) is 3.27.